The van der Waals surface area contributed by atoms with Crippen LogP contribution in [-0.4, -0.2) is 16.4 Å². The Balaban J connectivity index is 2.23. The number of rotatable bonds is 7. The number of hydrogen-bond donors (Lipinski definition) is 2. The van der Waals surface area contributed by atoms with Gasteiger partial charge in [-0.25, -0.2) is 0 Å². The van der Waals surface area contributed by atoms with Gasteiger partial charge in [-0.15, -0.1) is 0 Å². The van der Waals surface area contributed by atoms with Crippen LogP contribution in [0.4, 0.5) is 0 Å². The van der Waals surface area contributed by atoms with Crippen molar-refractivity contribution in [1.82, 2.24) is 3.30 Å². The van der Waals surface area contributed by atoms with Gasteiger partial charge in [0, 0.05) is 0 Å². The van der Waals surface area contributed by atoms with E-state index in [4.69, 9.17) is 29.8 Å². The Hall–Kier alpha value is -0.360. The van der Waals surface area contributed by atoms with Gasteiger partial charge in [0.15, 0.2) is 0 Å². The average Bonchev–Trinajstić information content (AvgIpc) is 2.51. The predicted molar refractivity (Wildman–Crippen MR) is 118 cm³/mol. The van der Waals surface area contributed by atoms with E-state index in [-0.39, 0.29) is 12.1 Å². The zero-order chi connectivity index (χ0) is 21.2. The number of halogens is 2. The summed E-state index contributed by atoms with van der Waals surface area (Å²) in [7, 11) is 12.9. The second-order valence-electron chi connectivity index (χ2n) is 7.76. The summed E-state index contributed by atoms with van der Waals surface area (Å²) in [6, 6.07) is 8.40. The third-order valence-electron chi connectivity index (χ3n) is 5.12. The average molecular weight is 606 g/mol. The first-order valence-corrected chi connectivity index (χ1v) is 15.7. The Morgan fingerprint density at radius 2 is 1.00 bits per heavy atom. The summed E-state index contributed by atoms with van der Waals surface area (Å²) in [5, 5.41) is 0. The SMILES string of the molecule is Cc1cc(C)c(C(N)C[N](CC(N)c2c(C)cc(C)cc2C)[Au]([Cl])[Cl])c(C)c1. The van der Waals surface area contributed by atoms with Crippen molar-refractivity contribution in [2.45, 2.75) is 53.6 Å². The molecule has 2 atom stereocenters. The maximum absolute atomic E-state index is 6.60. The van der Waals surface area contributed by atoms with Gasteiger partial charge >= 0.3 is 185 Å². The number of nitrogens with two attached hydrogens (primary N) is 2. The Kier molecular flexibility index (Phi) is 8.63. The first kappa shape index (κ1) is 23.9. The first-order chi connectivity index (χ1) is 13.0. The molecular weight excluding hydrogens is 574 g/mol. The van der Waals surface area contributed by atoms with Crippen LogP contribution in [0.1, 0.15) is 56.6 Å². The van der Waals surface area contributed by atoms with Gasteiger partial charge in [0.1, 0.15) is 0 Å². The molecule has 0 saturated heterocycles. The van der Waals surface area contributed by atoms with Crippen molar-refractivity contribution in [3.8, 4) is 0 Å². The van der Waals surface area contributed by atoms with Gasteiger partial charge in [0.05, 0.1) is 0 Å². The summed E-state index contributed by atoms with van der Waals surface area (Å²) in [6.07, 6.45) is 0. The van der Waals surface area contributed by atoms with E-state index >= 15 is 0 Å². The van der Waals surface area contributed by atoms with E-state index in [9.17, 15) is 0 Å². The maximum atomic E-state index is 6.60. The second-order valence-corrected chi connectivity index (χ2v) is 14.7. The van der Waals surface area contributed by atoms with E-state index in [1.165, 1.54) is 44.5 Å². The molecule has 160 valence electrons. The molecule has 2 aromatic carbocycles. The number of nitrogens with zero attached hydrogens (tertiary/aromatic N) is 1. The van der Waals surface area contributed by atoms with E-state index in [0.717, 1.165) is 0 Å². The van der Waals surface area contributed by atoms with E-state index in [1.54, 1.807) is 0 Å². The molecule has 6 heteroatoms. The Morgan fingerprint density at radius 1 is 0.714 bits per heavy atom. The summed E-state index contributed by atoms with van der Waals surface area (Å²) < 4.78 is 2.10. The molecule has 0 radical (unpaired) electrons. The molecule has 0 aliphatic carbocycles. The van der Waals surface area contributed by atoms with Crippen LogP contribution in [0, 0.1) is 41.5 Å². The molecule has 28 heavy (non-hydrogen) atoms. The zero-order valence-corrected chi connectivity index (χ0v) is 21.2. The third-order valence-corrected chi connectivity index (χ3v) is 9.31. The number of aryl methyl sites for hydroxylation is 6. The van der Waals surface area contributed by atoms with Crippen LogP contribution in [0.3, 0.4) is 0 Å². The molecule has 0 fully saturated rings. The fourth-order valence-corrected chi connectivity index (χ4v) is 7.10. The van der Waals surface area contributed by atoms with Crippen LogP contribution in [-0.2, 0) is 16.5 Å². The van der Waals surface area contributed by atoms with E-state index in [2.05, 4.69) is 69.1 Å². The van der Waals surface area contributed by atoms with Gasteiger partial charge in [-0.3, -0.25) is 0 Å². The molecule has 0 aliphatic heterocycles. The summed E-state index contributed by atoms with van der Waals surface area (Å²) in [5.41, 5.74) is 22.9. The van der Waals surface area contributed by atoms with Crippen LogP contribution in [0.15, 0.2) is 24.3 Å². The quantitative estimate of drug-likeness (QED) is 0.417. The third kappa shape index (κ3) is 5.84. The van der Waals surface area contributed by atoms with Gasteiger partial charge in [-0.2, -0.15) is 0 Å². The van der Waals surface area contributed by atoms with Gasteiger partial charge in [0.25, 0.3) is 0 Å². The molecular formula is C22H32AuCl2N3. The molecule has 0 amide bonds. The molecule has 0 aromatic heterocycles. The molecule has 2 rings (SSSR count). The molecule has 2 aromatic rings. The zero-order valence-electron chi connectivity index (χ0n) is 17.5. The van der Waals surface area contributed by atoms with Gasteiger partial charge in [-0.05, 0) is 0 Å². The van der Waals surface area contributed by atoms with E-state index in [1.807, 2.05) is 0 Å². The van der Waals surface area contributed by atoms with Crippen LogP contribution in [0.2, 0.25) is 0 Å². The van der Waals surface area contributed by atoms with Crippen LogP contribution >= 0.6 is 18.4 Å². The standard InChI is InChI=1S/C22H32N3.Au.2ClH/c1-13-7-15(3)21(16(4)8-13)19(23)11-25-12-20(24)22-17(5)9-14(2)10-18(22)6;;;/h7-10,19-20H,11-12,23-24H2,1-6H3;;2*1H/q-1;+3;;/p-2. The molecule has 0 saturated carbocycles. The summed E-state index contributed by atoms with van der Waals surface area (Å²) in [5.74, 6) is 0. The summed E-state index contributed by atoms with van der Waals surface area (Å²) in [4.78, 5) is 0. The van der Waals surface area contributed by atoms with Crippen molar-refractivity contribution < 1.29 is 16.5 Å². The van der Waals surface area contributed by atoms with Crippen LogP contribution in [0.5, 0.6) is 0 Å². The Labute approximate surface area is 184 Å². The van der Waals surface area contributed by atoms with Crippen molar-refractivity contribution in [1.29, 1.82) is 0 Å². The van der Waals surface area contributed by atoms with Gasteiger partial charge in [0.2, 0.25) is 0 Å². The molecule has 0 heterocycles. The van der Waals surface area contributed by atoms with Crippen molar-refractivity contribution >= 4 is 18.4 Å². The minimum absolute atomic E-state index is 0.150. The Morgan fingerprint density at radius 3 is 1.25 bits per heavy atom. The fourth-order valence-electron chi connectivity index (χ4n) is 4.29. The topological polar surface area (TPSA) is 55.3 Å². The normalized spacial score (nSPS) is 14.3. The van der Waals surface area contributed by atoms with Crippen molar-refractivity contribution in [3.63, 3.8) is 0 Å². The molecule has 4 N–H and O–H groups in total. The minimum atomic E-state index is -2.21. The Bertz CT molecular complexity index is 727. The molecule has 0 aliphatic rings. The molecule has 2 unspecified atom stereocenters. The van der Waals surface area contributed by atoms with Gasteiger partial charge < -0.3 is 0 Å². The summed E-state index contributed by atoms with van der Waals surface area (Å²) >= 11 is -2.21. The first-order valence-electron chi connectivity index (χ1n) is 9.37. The second kappa shape index (κ2) is 10.1. The fraction of sp³-hybridized carbons (Fsp3) is 0.455. The van der Waals surface area contributed by atoms with Crippen molar-refractivity contribution in [2.24, 2.45) is 11.5 Å². The monoisotopic (exact) mass is 605 g/mol. The van der Waals surface area contributed by atoms with Gasteiger partial charge in [-0.1, -0.05) is 0 Å². The van der Waals surface area contributed by atoms with Crippen LogP contribution < -0.4 is 11.5 Å². The van der Waals surface area contributed by atoms with E-state index in [0.29, 0.717) is 13.1 Å². The summed E-state index contributed by atoms with van der Waals surface area (Å²) in [6.45, 7) is 13.9. The number of hydrogen-bond acceptors (Lipinski definition) is 3. The van der Waals surface area contributed by atoms with Crippen LogP contribution in [0.25, 0.3) is 0 Å². The molecule has 0 spiro atoms. The number of benzene rings is 2. The molecule has 3 nitrogen and oxygen atoms in total. The van der Waals surface area contributed by atoms with E-state index < -0.39 is 16.5 Å². The molecule has 0 bridgehead atoms. The predicted octanol–water partition coefficient (Wildman–Crippen LogP) is 5.38. The van der Waals surface area contributed by atoms with Crippen molar-refractivity contribution in [3.05, 3.63) is 68.8 Å². The van der Waals surface area contributed by atoms with Crippen molar-refractivity contribution in [2.75, 3.05) is 13.1 Å².